The first-order chi connectivity index (χ1) is 18.8. The fraction of sp³-hybridized carbons (Fsp3) is 0.259. The number of thiocarbonyl (C=S) groups is 2. The van der Waals surface area contributed by atoms with Crippen LogP contribution in [0.1, 0.15) is 6.42 Å². The second-order valence-corrected chi connectivity index (χ2v) is 9.76. The van der Waals surface area contributed by atoms with E-state index in [-0.39, 0.29) is 35.3 Å². The third kappa shape index (κ3) is 7.80. The minimum absolute atomic E-state index is 0.0875. The quantitative estimate of drug-likeness (QED) is 0.147. The summed E-state index contributed by atoms with van der Waals surface area (Å²) in [6, 6.07) is 11.6. The molecule has 2 aliphatic rings. The molecule has 0 fully saturated rings. The van der Waals surface area contributed by atoms with E-state index in [0.717, 1.165) is 0 Å². The van der Waals surface area contributed by atoms with E-state index in [9.17, 15) is 18.4 Å². The molecule has 0 radical (unpaired) electrons. The van der Waals surface area contributed by atoms with Crippen molar-refractivity contribution in [1.82, 2.24) is 21.3 Å². The fourth-order valence-corrected chi connectivity index (χ4v) is 4.86. The van der Waals surface area contributed by atoms with Crippen LogP contribution in [-0.4, -0.2) is 48.2 Å². The molecule has 2 aromatic carbocycles. The van der Waals surface area contributed by atoms with Crippen molar-refractivity contribution in [3.8, 4) is 0 Å². The van der Waals surface area contributed by atoms with Crippen LogP contribution in [0.3, 0.4) is 0 Å². The molecule has 0 spiro atoms. The Morgan fingerprint density at radius 2 is 1.00 bits per heavy atom. The van der Waals surface area contributed by atoms with Gasteiger partial charge in [0.05, 0.1) is 0 Å². The lowest BCUT2D eigenvalue weighted by Crippen LogP contribution is -2.39. The average molecular weight is 571 g/mol. The van der Waals surface area contributed by atoms with E-state index in [0.29, 0.717) is 65.3 Å². The highest BCUT2D eigenvalue weighted by atomic mass is 32.1. The number of halogens is 2. The third-order valence-electron chi connectivity index (χ3n) is 6.20. The van der Waals surface area contributed by atoms with Gasteiger partial charge in [0, 0.05) is 60.5 Å². The Hall–Kier alpha value is -3.90. The van der Waals surface area contributed by atoms with Crippen molar-refractivity contribution in [2.24, 2.45) is 11.8 Å². The maximum atomic E-state index is 13.0. The molecule has 8 nitrogen and oxygen atoms in total. The molecule has 2 bridgehead atoms. The fourth-order valence-electron chi connectivity index (χ4n) is 4.42. The predicted molar refractivity (Wildman–Crippen MR) is 155 cm³/mol. The molecular weight excluding hydrogens is 542 g/mol. The Morgan fingerprint density at radius 3 is 1.38 bits per heavy atom. The van der Waals surface area contributed by atoms with Crippen molar-refractivity contribution in [2.75, 3.05) is 36.8 Å². The first kappa shape index (κ1) is 28.1. The number of nitrogens with one attached hydrogen (secondary N) is 6. The van der Waals surface area contributed by atoms with Crippen LogP contribution in [0.2, 0.25) is 0 Å². The molecule has 2 aliphatic carbocycles. The van der Waals surface area contributed by atoms with Gasteiger partial charge in [-0.15, -0.1) is 0 Å². The summed E-state index contributed by atoms with van der Waals surface area (Å²) in [5, 5.41) is 18.3. The van der Waals surface area contributed by atoms with Crippen LogP contribution in [0.5, 0.6) is 0 Å². The molecule has 2 atom stereocenters. The minimum Gasteiger partial charge on any atom is -0.361 e. The van der Waals surface area contributed by atoms with Gasteiger partial charge in [0.25, 0.3) is 0 Å². The zero-order chi connectivity index (χ0) is 27.8. The zero-order valence-corrected chi connectivity index (χ0v) is 22.5. The van der Waals surface area contributed by atoms with Crippen molar-refractivity contribution < 1.29 is 18.4 Å². The number of carbonyl (C=O) groups is 2. The number of carbonyl (C=O) groups excluding carboxylic acids is 2. The Kier molecular flexibility index (Phi) is 9.55. The Balaban J connectivity index is 1.20. The van der Waals surface area contributed by atoms with Gasteiger partial charge in [-0.2, -0.15) is 0 Å². The topological polar surface area (TPSA) is 106 Å². The first-order valence-electron chi connectivity index (χ1n) is 12.4. The molecule has 2 amide bonds. The second-order valence-electron chi connectivity index (χ2n) is 8.95. The van der Waals surface area contributed by atoms with E-state index in [4.69, 9.17) is 24.4 Å². The zero-order valence-electron chi connectivity index (χ0n) is 20.9. The summed E-state index contributed by atoms with van der Waals surface area (Å²) in [6.45, 7) is 1.34. The molecule has 0 aliphatic heterocycles. The number of allylic oxidation sites excluding steroid dienone is 2. The van der Waals surface area contributed by atoms with Gasteiger partial charge in [0.2, 0.25) is 11.8 Å². The molecule has 0 saturated heterocycles. The Labute approximate surface area is 235 Å². The molecule has 0 unspecified atom stereocenters. The summed E-state index contributed by atoms with van der Waals surface area (Å²) in [5.74, 6) is -1.41. The lowest BCUT2D eigenvalue weighted by atomic mass is 9.95. The van der Waals surface area contributed by atoms with Gasteiger partial charge >= 0.3 is 0 Å². The number of anilines is 2. The van der Waals surface area contributed by atoms with E-state index >= 15 is 0 Å². The number of hydrogen-bond acceptors (Lipinski definition) is 4. The van der Waals surface area contributed by atoms with Gasteiger partial charge in [-0.3, -0.25) is 9.59 Å². The standard InChI is InChI=1S/C27H28F2N6O2S2/c28-18-3-7-20(8-4-18)34-26(38)32-13-11-30-24(36)22-16-1-2-17(15-16)23(22)25(37)31-12-14-33-27(39)35-21-9-5-19(29)6-10-21/h1-10,16-17H,11-15H2,(H,30,36)(H,31,37)(H2,32,34,38)(H2,33,35,39)/t16-,17+. The van der Waals surface area contributed by atoms with Crippen LogP contribution in [0, 0.1) is 23.5 Å². The molecule has 204 valence electrons. The van der Waals surface area contributed by atoms with Gasteiger partial charge < -0.3 is 31.9 Å². The molecular formula is C27H28F2N6O2S2. The van der Waals surface area contributed by atoms with Crippen LogP contribution in [0.4, 0.5) is 20.2 Å². The maximum absolute atomic E-state index is 13.0. The SMILES string of the molecule is O=C(NCCNC(=S)Nc1ccc(F)cc1)C1=C(C(=O)NCCNC(=S)Nc2ccc(F)cc2)[C@H]2C=C[C@@H]1C2. The Morgan fingerprint density at radius 1 is 0.641 bits per heavy atom. The lowest BCUT2D eigenvalue weighted by Gasteiger charge is -2.17. The van der Waals surface area contributed by atoms with Crippen LogP contribution < -0.4 is 31.9 Å². The van der Waals surface area contributed by atoms with Gasteiger partial charge in [-0.05, 0) is 79.4 Å². The van der Waals surface area contributed by atoms with Gasteiger partial charge in [0.1, 0.15) is 11.6 Å². The summed E-state index contributed by atoms with van der Waals surface area (Å²) in [4.78, 5) is 26.0. The number of hydrogen-bond donors (Lipinski definition) is 6. The monoisotopic (exact) mass is 570 g/mol. The highest BCUT2D eigenvalue weighted by molar-refractivity contribution is 7.80. The molecule has 4 rings (SSSR count). The molecule has 39 heavy (non-hydrogen) atoms. The molecule has 0 heterocycles. The van der Waals surface area contributed by atoms with Crippen LogP contribution in [-0.2, 0) is 9.59 Å². The smallest absolute Gasteiger partial charge is 0.248 e. The predicted octanol–water partition coefficient (Wildman–Crippen LogP) is 2.97. The van der Waals surface area contributed by atoms with Crippen LogP contribution >= 0.6 is 24.4 Å². The van der Waals surface area contributed by atoms with E-state index in [2.05, 4.69) is 31.9 Å². The highest BCUT2D eigenvalue weighted by Crippen LogP contribution is 2.43. The largest absolute Gasteiger partial charge is 0.361 e. The van der Waals surface area contributed by atoms with Crippen molar-refractivity contribution in [2.45, 2.75) is 6.42 Å². The van der Waals surface area contributed by atoms with E-state index in [1.165, 1.54) is 24.3 Å². The van der Waals surface area contributed by atoms with Gasteiger partial charge in [-0.1, -0.05) is 12.2 Å². The van der Waals surface area contributed by atoms with E-state index in [1.54, 1.807) is 24.3 Å². The van der Waals surface area contributed by atoms with E-state index in [1.807, 2.05) is 12.2 Å². The summed E-state index contributed by atoms with van der Waals surface area (Å²) in [7, 11) is 0. The number of fused-ring (bicyclic) bond motifs is 2. The summed E-state index contributed by atoms with van der Waals surface area (Å²) >= 11 is 10.4. The minimum atomic E-state index is -0.337. The molecule has 12 heteroatoms. The van der Waals surface area contributed by atoms with Crippen LogP contribution in [0.15, 0.2) is 71.8 Å². The number of benzene rings is 2. The molecule has 2 aromatic rings. The second kappa shape index (κ2) is 13.3. The summed E-state index contributed by atoms with van der Waals surface area (Å²) in [5.41, 5.74) is 2.28. The first-order valence-corrected chi connectivity index (χ1v) is 13.2. The molecule has 0 aromatic heterocycles. The molecule has 0 saturated carbocycles. The van der Waals surface area contributed by atoms with Crippen molar-refractivity contribution in [1.29, 1.82) is 0 Å². The highest BCUT2D eigenvalue weighted by Gasteiger charge is 2.41. The normalized spacial score (nSPS) is 17.0. The van der Waals surface area contributed by atoms with E-state index < -0.39 is 0 Å². The van der Waals surface area contributed by atoms with Gasteiger partial charge in [-0.25, -0.2) is 8.78 Å². The maximum Gasteiger partial charge on any atom is 0.248 e. The lowest BCUT2D eigenvalue weighted by molar-refractivity contribution is -0.120. The number of amides is 2. The van der Waals surface area contributed by atoms with Crippen molar-refractivity contribution >= 4 is 57.8 Å². The van der Waals surface area contributed by atoms with Crippen molar-refractivity contribution in [3.63, 3.8) is 0 Å². The average Bonchev–Trinajstić information content (AvgIpc) is 3.54. The van der Waals surface area contributed by atoms with Crippen molar-refractivity contribution in [3.05, 3.63) is 83.5 Å². The van der Waals surface area contributed by atoms with Gasteiger partial charge in [0.15, 0.2) is 10.2 Å². The number of rotatable bonds is 10. The summed E-state index contributed by atoms with van der Waals surface area (Å²) in [6.07, 6.45) is 4.65. The third-order valence-corrected chi connectivity index (χ3v) is 6.69. The summed E-state index contributed by atoms with van der Waals surface area (Å²) < 4.78 is 26.0. The van der Waals surface area contributed by atoms with Crippen LogP contribution in [0.25, 0.3) is 0 Å². The Bertz CT molecular complexity index is 1200. The molecule has 6 N–H and O–H groups in total.